The van der Waals surface area contributed by atoms with E-state index in [1.807, 2.05) is 6.07 Å². The second kappa shape index (κ2) is 6.50. The van der Waals surface area contributed by atoms with Crippen LogP contribution in [0.4, 0.5) is 5.69 Å². The highest BCUT2D eigenvalue weighted by atomic mass is 32.1. The Morgan fingerprint density at radius 2 is 2.14 bits per heavy atom. The molecule has 0 saturated carbocycles. The van der Waals surface area contributed by atoms with Crippen molar-refractivity contribution >= 4 is 17.0 Å². The fraction of sp³-hybridized carbons (Fsp3) is 0.412. The van der Waals surface area contributed by atoms with Gasteiger partial charge in [-0.2, -0.15) is 0 Å². The average molecular weight is 302 g/mol. The van der Waals surface area contributed by atoms with Crippen molar-refractivity contribution in [2.45, 2.75) is 31.8 Å². The van der Waals surface area contributed by atoms with E-state index in [2.05, 4.69) is 47.5 Å². The largest absolute Gasteiger partial charge is 0.491 e. The zero-order valence-electron chi connectivity index (χ0n) is 12.4. The van der Waals surface area contributed by atoms with Gasteiger partial charge in [0, 0.05) is 17.5 Å². The molecule has 2 atom stereocenters. The van der Waals surface area contributed by atoms with Gasteiger partial charge < -0.3 is 15.4 Å². The van der Waals surface area contributed by atoms with E-state index in [1.165, 1.54) is 4.88 Å². The molecule has 0 fully saturated rings. The number of para-hydroxylation sites is 2. The van der Waals surface area contributed by atoms with Gasteiger partial charge >= 0.3 is 0 Å². The van der Waals surface area contributed by atoms with Gasteiger partial charge in [0.2, 0.25) is 0 Å². The Hall–Kier alpha value is -1.52. The number of anilines is 1. The number of nitrogens with zero attached hydrogens (tertiary/aromatic N) is 1. The molecule has 112 valence electrons. The maximum absolute atomic E-state index is 6.47. The lowest BCUT2D eigenvalue weighted by atomic mass is 10.0. The van der Waals surface area contributed by atoms with Gasteiger partial charge in [-0.15, -0.1) is 11.3 Å². The summed E-state index contributed by atoms with van der Waals surface area (Å²) in [5.74, 6) is 0.972. The van der Waals surface area contributed by atoms with Crippen LogP contribution < -0.4 is 15.4 Å². The minimum atomic E-state index is 0.120. The monoisotopic (exact) mass is 302 g/mol. The van der Waals surface area contributed by atoms with Gasteiger partial charge in [0.15, 0.2) is 0 Å². The van der Waals surface area contributed by atoms with E-state index in [4.69, 9.17) is 10.5 Å². The lowest BCUT2D eigenvalue weighted by molar-refractivity contribution is 0.322. The van der Waals surface area contributed by atoms with E-state index in [0.717, 1.165) is 37.4 Å². The molecule has 0 bridgehead atoms. The van der Waals surface area contributed by atoms with Crippen molar-refractivity contribution in [3.63, 3.8) is 0 Å². The average Bonchev–Trinajstić information content (AvgIpc) is 2.96. The van der Waals surface area contributed by atoms with Gasteiger partial charge in [0.05, 0.1) is 18.3 Å². The van der Waals surface area contributed by atoms with Crippen LogP contribution in [0.3, 0.4) is 0 Å². The minimum Gasteiger partial charge on any atom is -0.491 e. The van der Waals surface area contributed by atoms with Crippen molar-refractivity contribution < 1.29 is 4.74 Å². The highest BCUT2D eigenvalue weighted by Crippen LogP contribution is 2.39. The number of hydrogen-bond acceptors (Lipinski definition) is 4. The van der Waals surface area contributed by atoms with Gasteiger partial charge in [0.25, 0.3) is 0 Å². The third kappa shape index (κ3) is 2.92. The lowest BCUT2D eigenvalue weighted by Crippen LogP contribution is -2.41. The molecule has 1 aromatic heterocycles. The second-order valence-electron chi connectivity index (χ2n) is 5.40. The predicted octanol–water partition coefficient (Wildman–Crippen LogP) is 3.82. The molecule has 2 aromatic rings. The Bertz CT molecular complexity index is 570. The molecule has 0 radical (unpaired) electrons. The van der Waals surface area contributed by atoms with Crippen molar-refractivity contribution in [1.82, 2.24) is 0 Å². The van der Waals surface area contributed by atoms with E-state index in [9.17, 15) is 0 Å². The van der Waals surface area contributed by atoms with E-state index in [-0.39, 0.29) is 12.1 Å². The van der Waals surface area contributed by atoms with Crippen LogP contribution in [0.2, 0.25) is 0 Å². The summed E-state index contributed by atoms with van der Waals surface area (Å²) in [6.45, 7) is 3.91. The highest BCUT2D eigenvalue weighted by molar-refractivity contribution is 7.10. The molecular weight excluding hydrogens is 280 g/mol. The summed E-state index contributed by atoms with van der Waals surface area (Å²) in [4.78, 5) is 3.77. The van der Waals surface area contributed by atoms with Gasteiger partial charge in [-0.3, -0.25) is 0 Å². The molecular formula is C17H22N2OS. The van der Waals surface area contributed by atoms with Crippen LogP contribution in [0, 0.1) is 0 Å². The summed E-state index contributed by atoms with van der Waals surface area (Å²) in [6, 6.07) is 12.9. The molecule has 4 heteroatoms. The maximum atomic E-state index is 6.47. The number of benzene rings is 1. The van der Waals surface area contributed by atoms with Crippen molar-refractivity contribution in [2.24, 2.45) is 5.73 Å². The topological polar surface area (TPSA) is 38.5 Å². The Labute approximate surface area is 130 Å². The van der Waals surface area contributed by atoms with E-state index < -0.39 is 0 Å². The fourth-order valence-corrected chi connectivity index (χ4v) is 3.83. The zero-order valence-corrected chi connectivity index (χ0v) is 13.2. The third-order valence-corrected chi connectivity index (χ3v) is 4.97. The number of fused-ring (bicyclic) bond motifs is 1. The van der Waals surface area contributed by atoms with Crippen molar-refractivity contribution in [3.8, 4) is 5.75 Å². The van der Waals surface area contributed by atoms with Crippen molar-refractivity contribution in [2.75, 3.05) is 18.1 Å². The van der Waals surface area contributed by atoms with Crippen LogP contribution in [-0.2, 0) is 0 Å². The molecule has 1 aromatic carbocycles. The summed E-state index contributed by atoms with van der Waals surface area (Å²) < 4.78 is 5.88. The first kappa shape index (κ1) is 14.4. The first-order valence-electron chi connectivity index (χ1n) is 7.58. The molecule has 1 aliphatic rings. The van der Waals surface area contributed by atoms with Crippen molar-refractivity contribution in [1.29, 1.82) is 0 Å². The van der Waals surface area contributed by atoms with Crippen molar-refractivity contribution in [3.05, 3.63) is 46.7 Å². The fourth-order valence-electron chi connectivity index (χ4n) is 2.92. The van der Waals surface area contributed by atoms with Gasteiger partial charge in [-0.05, 0) is 36.4 Å². The summed E-state index contributed by atoms with van der Waals surface area (Å²) in [5, 5.41) is 2.13. The van der Waals surface area contributed by atoms with Gasteiger partial charge in [0.1, 0.15) is 5.75 Å². The molecule has 1 aliphatic heterocycles. The smallest absolute Gasteiger partial charge is 0.142 e. The Kier molecular flexibility index (Phi) is 4.46. The first-order chi connectivity index (χ1) is 10.3. The molecule has 0 saturated heterocycles. The lowest BCUT2D eigenvalue weighted by Gasteiger charge is -2.36. The van der Waals surface area contributed by atoms with E-state index >= 15 is 0 Å². The van der Waals surface area contributed by atoms with Crippen LogP contribution >= 0.6 is 11.3 Å². The zero-order chi connectivity index (χ0) is 14.7. The number of rotatable bonds is 4. The molecule has 2 unspecified atom stereocenters. The molecule has 0 spiro atoms. The Balaban J connectivity index is 2.02. The standard InChI is InChI=1S/C17H22N2OS/c1-2-13(18)17(16-9-5-12-21-16)19-10-6-11-20-15-8-4-3-7-14(15)19/h3-5,7-9,12-13,17H,2,6,10-11,18H2,1H3. The maximum Gasteiger partial charge on any atom is 0.142 e. The van der Waals surface area contributed by atoms with Crippen LogP contribution in [0.25, 0.3) is 0 Å². The van der Waals surface area contributed by atoms with Crippen LogP contribution in [0.15, 0.2) is 41.8 Å². The van der Waals surface area contributed by atoms with Crippen LogP contribution in [0.5, 0.6) is 5.75 Å². The van der Waals surface area contributed by atoms with E-state index in [1.54, 1.807) is 11.3 Å². The van der Waals surface area contributed by atoms with Gasteiger partial charge in [-0.25, -0.2) is 0 Å². The third-order valence-electron chi connectivity index (χ3n) is 4.02. The number of thiophene rings is 1. The Morgan fingerprint density at radius 1 is 1.29 bits per heavy atom. The summed E-state index contributed by atoms with van der Waals surface area (Å²) in [7, 11) is 0. The molecule has 3 rings (SSSR count). The van der Waals surface area contributed by atoms with Crippen LogP contribution in [-0.4, -0.2) is 19.2 Å². The molecule has 0 aliphatic carbocycles. The predicted molar refractivity (Wildman–Crippen MR) is 89.2 cm³/mol. The molecule has 3 nitrogen and oxygen atoms in total. The SMILES string of the molecule is CCC(N)C(c1cccs1)N1CCCOc2ccccc21. The molecule has 21 heavy (non-hydrogen) atoms. The quantitative estimate of drug-likeness (QED) is 0.933. The normalized spacial score (nSPS) is 17.5. The van der Waals surface area contributed by atoms with Gasteiger partial charge in [-0.1, -0.05) is 25.1 Å². The summed E-state index contributed by atoms with van der Waals surface area (Å²) in [5.41, 5.74) is 7.64. The van der Waals surface area contributed by atoms with Crippen LogP contribution in [0.1, 0.15) is 30.7 Å². The Morgan fingerprint density at radius 3 is 2.90 bits per heavy atom. The number of hydrogen-bond donors (Lipinski definition) is 1. The number of ether oxygens (including phenoxy) is 1. The van der Waals surface area contributed by atoms with E-state index in [0.29, 0.717) is 0 Å². The molecule has 2 heterocycles. The summed E-state index contributed by atoms with van der Waals surface area (Å²) in [6.07, 6.45) is 1.98. The molecule has 0 amide bonds. The first-order valence-corrected chi connectivity index (χ1v) is 8.46. The highest BCUT2D eigenvalue weighted by Gasteiger charge is 2.29. The molecule has 2 N–H and O–H groups in total. The minimum absolute atomic E-state index is 0.120. The summed E-state index contributed by atoms with van der Waals surface area (Å²) >= 11 is 1.79. The number of nitrogens with two attached hydrogens (primary N) is 1. The second-order valence-corrected chi connectivity index (χ2v) is 6.37.